The molecule has 0 saturated carbocycles. The fourth-order valence-electron chi connectivity index (χ4n) is 5.42. The van der Waals surface area contributed by atoms with Crippen LogP contribution >= 0.6 is 38.1 Å². The number of fused-ring (bicyclic) bond motifs is 4. The van der Waals surface area contributed by atoms with E-state index in [-0.39, 0.29) is 40.7 Å². The van der Waals surface area contributed by atoms with Crippen molar-refractivity contribution in [3.05, 3.63) is 24.7 Å². The molecule has 3 aromatic heterocycles. The SMILES string of the molecule is NC1=Nc2c(ncn2[C@@H]2O[C@@H]3CO[P@](=O)(S)O[C@H]4[C@@H](F)[C@H](n5cnc6c(N)ncnc65)O[C@@H]4CO[P@@](=O)(S)O[C@H]3[C@H]2O)C(=O)C1. The van der Waals surface area contributed by atoms with Crippen molar-refractivity contribution in [1.82, 2.24) is 29.1 Å². The van der Waals surface area contributed by atoms with E-state index in [1.807, 2.05) is 0 Å². The third-order valence-electron chi connectivity index (χ3n) is 7.45. The predicted molar refractivity (Wildman–Crippen MR) is 156 cm³/mol. The summed E-state index contributed by atoms with van der Waals surface area (Å²) in [6.45, 7) is -9.98. The van der Waals surface area contributed by atoms with Gasteiger partial charge in [0.1, 0.15) is 48.2 Å². The second kappa shape index (κ2) is 11.3. The number of imidazole rings is 2. The van der Waals surface area contributed by atoms with Gasteiger partial charge < -0.3 is 26.0 Å². The minimum absolute atomic E-state index is 0.00440. The van der Waals surface area contributed by atoms with Crippen molar-refractivity contribution in [3.8, 4) is 0 Å². The maximum absolute atomic E-state index is 16.0. The average Bonchev–Trinajstić information content (AvgIpc) is 3.72. The van der Waals surface area contributed by atoms with Gasteiger partial charge in [0.2, 0.25) is 0 Å². The van der Waals surface area contributed by atoms with E-state index in [4.69, 9.17) is 39.0 Å². The molecule has 0 radical (unpaired) electrons. The smallest absolute Gasteiger partial charge is 0.386 e. The molecular formula is C21H24FN9O10P2S2. The van der Waals surface area contributed by atoms with Crippen molar-refractivity contribution < 1.29 is 51.0 Å². The van der Waals surface area contributed by atoms with E-state index in [0.29, 0.717) is 0 Å². The Morgan fingerprint density at radius 3 is 2.31 bits per heavy atom. The second-order valence-electron chi connectivity index (χ2n) is 10.3. The highest BCUT2D eigenvalue weighted by atomic mass is 32.7. The van der Waals surface area contributed by atoms with E-state index in [1.165, 1.54) is 21.8 Å². The Hall–Kier alpha value is -2.49. The summed E-state index contributed by atoms with van der Waals surface area (Å²) in [6, 6.07) is 0. The number of anilines is 1. The molecule has 4 aliphatic heterocycles. The Morgan fingerprint density at radius 2 is 1.58 bits per heavy atom. The largest absolute Gasteiger partial charge is 0.387 e. The maximum Gasteiger partial charge on any atom is 0.386 e. The number of nitrogens with zero attached hydrogens (tertiary/aromatic N) is 7. The van der Waals surface area contributed by atoms with E-state index in [0.717, 1.165) is 6.33 Å². The van der Waals surface area contributed by atoms with Crippen LogP contribution in [0.3, 0.4) is 0 Å². The van der Waals surface area contributed by atoms with Crippen LogP contribution in [0.4, 0.5) is 16.0 Å². The zero-order valence-electron chi connectivity index (χ0n) is 22.5. The van der Waals surface area contributed by atoms with Crippen LogP contribution in [0, 0.1) is 0 Å². The van der Waals surface area contributed by atoms with Crippen molar-refractivity contribution >= 4 is 72.5 Å². The Kier molecular flexibility index (Phi) is 7.84. The normalized spacial score (nSPS) is 39.0. The molecule has 3 saturated heterocycles. The van der Waals surface area contributed by atoms with Crippen LogP contribution in [0.25, 0.3) is 11.2 Å². The van der Waals surface area contributed by atoms with Crippen molar-refractivity contribution in [2.75, 3.05) is 18.9 Å². The van der Waals surface area contributed by atoms with Crippen molar-refractivity contribution in [1.29, 1.82) is 0 Å². The van der Waals surface area contributed by atoms with Gasteiger partial charge in [-0.1, -0.05) is 24.5 Å². The molecule has 7 rings (SSSR count). The Labute approximate surface area is 262 Å². The molecule has 19 nitrogen and oxygen atoms in total. The number of alkyl halides is 1. The number of hydrogen-bond donors (Lipinski definition) is 5. The molecule has 0 aromatic carbocycles. The van der Waals surface area contributed by atoms with E-state index in [9.17, 15) is 19.0 Å². The number of aliphatic imine (C=N–C) groups is 1. The standard InChI is InChI=1S/C21H24FN9O10P2S2/c22-11-15-8(38-20(11)30-6-28-13-17(24)25-4-26-18(13)30)2-36-43(35,45)41-16-9(3-37-42(34,44)40-15)39-21(14(16)33)31-5-27-12-7(32)1-10(23)29-19(12)31/h4-6,8-9,11,14-16,20-21,33H,1-3H2,(H2,23,29)(H,34,44)(H,35,45)(H2,24,25,26)/t8-,9-,11-,14-,15-,16-,20-,21-,42+,43-/m1/s1. The van der Waals surface area contributed by atoms with Gasteiger partial charge in [-0.3, -0.25) is 32.0 Å². The van der Waals surface area contributed by atoms with Crippen LogP contribution in [0.1, 0.15) is 29.4 Å². The van der Waals surface area contributed by atoms with Crippen LogP contribution in [-0.2, 0) is 36.7 Å². The molecule has 7 heterocycles. The number of Topliss-reactive ketones (excluding diaryl/α,β-unsaturated/α-hetero) is 1. The highest BCUT2D eigenvalue weighted by Gasteiger charge is 2.54. The second-order valence-corrected chi connectivity index (χ2v) is 16.1. The van der Waals surface area contributed by atoms with Crippen molar-refractivity contribution in [2.24, 2.45) is 10.7 Å². The number of aliphatic hydroxyl groups excluding tert-OH is 1. The number of ether oxygens (including phenoxy) is 2. The van der Waals surface area contributed by atoms with E-state index < -0.39 is 81.7 Å². The summed E-state index contributed by atoms with van der Waals surface area (Å²) < 4.78 is 79.0. The number of ketones is 1. The summed E-state index contributed by atoms with van der Waals surface area (Å²) in [7, 11) is 0. The number of halogens is 1. The Balaban J connectivity index is 1.16. The number of carbonyl (C=O) groups excluding carboxylic acids is 1. The molecule has 0 aliphatic carbocycles. The third kappa shape index (κ3) is 5.61. The first kappa shape index (κ1) is 31.1. The van der Waals surface area contributed by atoms with Gasteiger partial charge in [0.25, 0.3) is 0 Å². The molecule has 0 bridgehead atoms. The summed E-state index contributed by atoms with van der Waals surface area (Å²) in [5.41, 5.74) is 12.0. The van der Waals surface area contributed by atoms with E-state index in [1.54, 1.807) is 0 Å². The molecule has 24 heteroatoms. The molecule has 0 amide bonds. The topological polar surface area (TPSA) is 253 Å². The fraction of sp³-hybridized carbons (Fsp3) is 0.524. The van der Waals surface area contributed by atoms with Gasteiger partial charge in [0.05, 0.1) is 32.3 Å². The van der Waals surface area contributed by atoms with Crippen molar-refractivity contribution in [3.63, 3.8) is 0 Å². The monoisotopic (exact) mass is 707 g/mol. The first-order valence-electron chi connectivity index (χ1n) is 13.1. The van der Waals surface area contributed by atoms with E-state index in [2.05, 4.69) is 49.4 Å². The number of rotatable bonds is 2. The number of aliphatic hydroxyl groups is 1. The average molecular weight is 708 g/mol. The number of hydrogen-bond acceptors (Lipinski definition) is 17. The summed E-state index contributed by atoms with van der Waals surface area (Å²) in [4.78, 5) is 32.6. The lowest BCUT2D eigenvalue weighted by atomic mass is 10.1. The van der Waals surface area contributed by atoms with E-state index >= 15 is 4.39 Å². The number of thiol groups is 2. The first-order chi connectivity index (χ1) is 21.3. The number of aromatic nitrogens is 6. The lowest BCUT2D eigenvalue weighted by molar-refractivity contribution is -0.0560. The molecule has 0 unspecified atom stereocenters. The van der Waals surface area contributed by atoms with Gasteiger partial charge in [-0.05, 0) is 0 Å². The van der Waals surface area contributed by atoms with Gasteiger partial charge in [0, 0.05) is 0 Å². The summed E-state index contributed by atoms with van der Waals surface area (Å²) >= 11 is 8.04. The third-order valence-corrected chi connectivity index (χ3v) is 10.7. The van der Waals surface area contributed by atoms with Gasteiger partial charge in [0.15, 0.2) is 47.4 Å². The van der Waals surface area contributed by atoms with Gasteiger partial charge in [-0.25, -0.2) is 38.4 Å². The van der Waals surface area contributed by atoms with Crippen LogP contribution in [0.2, 0.25) is 0 Å². The van der Waals surface area contributed by atoms with Crippen LogP contribution in [0.15, 0.2) is 24.0 Å². The van der Waals surface area contributed by atoms with Crippen LogP contribution in [0.5, 0.6) is 0 Å². The first-order valence-corrected chi connectivity index (χ1v) is 18.5. The molecule has 4 aliphatic rings. The summed E-state index contributed by atoms with van der Waals surface area (Å²) in [5, 5.41) is 11.2. The highest BCUT2D eigenvalue weighted by molar-refractivity contribution is 8.44. The van der Waals surface area contributed by atoms with Gasteiger partial charge in [-0.2, -0.15) is 0 Å². The summed E-state index contributed by atoms with van der Waals surface area (Å²) in [6.07, 6.45) is -8.64. The number of amidine groups is 1. The molecule has 5 N–H and O–H groups in total. The Bertz CT molecular complexity index is 1810. The maximum atomic E-state index is 16.0. The summed E-state index contributed by atoms with van der Waals surface area (Å²) in [5.74, 6) is -0.298. The van der Waals surface area contributed by atoms with Crippen LogP contribution in [-0.4, -0.2) is 95.7 Å². The zero-order valence-corrected chi connectivity index (χ0v) is 26.1. The van der Waals surface area contributed by atoms with Crippen LogP contribution < -0.4 is 11.5 Å². The van der Waals surface area contributed by atoms with Gasteiger partial charge >= 0.3 is 13.6 Å². The van der Waals surface area contributed by atoms with Gasteiger partial charge in [-0.15, -0.1) is 0 Å². The molecule has 45 heavy (non-hydrogen) atoms. The highest BCUT2D eigenvalue weighted by Crippen LogP contribution is 2.60. The number of carbonyl (C=O) groups is 1. The minimum Gasteiger partial charge on any atom is -0.387 e. The number of nitrogens with two attached hydrogens (primary N) is 2. The fourth-order valence-corrected chi connectivity index (χ4v) is 8.40. The van der Waals surface area contributed by atoms with Crippen molar-refractivity contribution in [2.45, 2.75) is 55.6 Å². The Morgan fingerprint density at radius 1 is 0.933 bits per heavy atom. The molecule has 242 valence electrons. The lowest BCUT2D eigenvalue weighted by Crippen LogP contribution is -2.37. The minimum atomic E-state index is -4.38. The molecule has 10 atom stereocenters. The molecule has 3 fully saturated rings. The predicted octanol–water partition coefficient (Wildman–Crippen LogP) is 1.27. The molecular weight excluding hydrogens is 683 g/mol. The lowest BCUT2D eigenvalue weighted by Gasteiger charge is -2.28. The zero-order chi connectivity index (χ0) is 31.8. The number of nitrogen functional groups attached to an aromatic ring is 1. The quantitative estimate of drug-likeness (QED) is 0.186. The molecule has 0 spiro atoms. The molecule has 3 aromatic rings.